The Balaban J connectivity index is 1.86. The highest BCUT2D eigenvalue weighted by Gasteiger charge is 2.29. The first-order valence-corrected chi connectivity index (χ1v) is 8.84. The molecule has 0 saturated heterocycles. The molecule has 1 aliphatic rings. The molecule has 0 amide bonds. The highest BCUT2D eigenvalue weighted by Crippen LogP contribution is 2.44. The van der Waals surface area contributed by atoms with Gasteiger partial charge in [-0.1, -0.05) is 0 Å². The average molecular weight is 382 g/mol. The molecule has 0 spiro atoms. The Labute approximate surface area is 166 Å². The number of halogens is 1. The second-order valence-electron chi connectivity index (χ2n) is 6.71. The van der Waals surface area contributed by atoms with Crippen LogP contribution >= 0.6 is 0 Å². The highest BCUT2D eigenvalue weighted by molar-refractivity contribution is 6.08. The van der Waals surface area contributed by atoms with Crippen molar-refractivity contribution in [1.82, 2.24) is 4.98 Å². The fourth-order valence-corrected chi connectivity index (χ4v) is 3.54. The molecule has 0 saturated carbocycles. The molecule has 2 heterocycles. The third-order valence-electron chi connectivity index (χ3n) is 5.03. The predicted molar refractivity (Wildman–Crippen MR) is 108 cm³/mol. The zero-order valence-corrected chi connectivity index (χ0v) is 15.7. The maximum atomic E-state index is 13.2. The first kappa shape index (κ1) is 18.2. The lowest BCUT2D eigenvalue weighted by molar-refractivity contribution is 0.571. The van der Waals surface area contributed by atoms with E-state index in [0.717, 1.165) is 16.7 Å². The summed E-state index contributed by atoms with van der Waals surface area (Å²) in [7, 11) is 0. The number of anilines is 1. The van der Waals surface area contributed by atoms with Crippen LogP contribution in [0.2, 0.25) is 0 Å². The summed E-state index contributed by atoms with van der Waals surface area (Å²) < 4.78 is 19.1. The van der Waals surface area contributed by atoms with E-state index in [1.807, 2.05) is 13.0 Å². The number of rotatable bonds is 2. The number of nitrogen functional groups attached to an aromatic ring is 1. The fraction of sp³-hybridized carbons (Fsp3) is 0.0870. The van der Waals surface area contributed by atoms with Gasteiger partial charge < -0.3 is 10.2 Å². The molecule has 1 aromatic carbocycles. The van der Waals surface area contributed by atoms with E-state index in [0.29, 0.717) is 39.5 Å². The van der Waals surface area contributed by atoms with Crippen LogP contribution in [0.25, 0.3) is 28.5 Å². The number of nitriles is 2. The van der Waals surface area contributed by atoms with Gasteiger partial charge in [0.25, 0.3) is 0 Å². The van der Waals surface area contributed by atoms with Crippen molar-refractivity contribution < 1.29 is 8.81 Å². The zero-order valence-electron chi connectivity index (χ0n) is 15.7. The largest absolute Gasteiger partial charge is 0.457 e. The molecule has 1 aliphatic carbocycles. The summed E-state index contributed by atoms with van der Waals surface area (Å²) in [6.07, 6.45) is 1.82. The summed E-state index contributed by atoms with van der Waals surface area (Å²) in [5.74, 6) is 0.966. The van der Waals surface area contributed by atoms with Gasteiger partial charge in [-0.25, -0.2) is 9.37 Å². The van der Waals surface area contributed by atoms with E-state index >= 15 is 0 Å². The normalized spacial score (nSPS) is 14.0. The Bertz CT molecular complexity index is 1300. The Morgan fingerprint density at radius 2 is 1.79 bits per heavy atom. The molecule has 29 heavy (non-hydrogen) atoms. The fourth-order valence-electron chi connectivity index (χ4n) is 3.54. The minimum absolute atomic E-state index is 0.113. The van der Waals surface area contributed by atoms with Crippen LogP contribution in [-0.2, 0) is 0 Å². The van der Waals surface area contributed by atoms with Crippen LogP contribution < -0.4 is 5.73 Å². The molecule has 0 aliphatic heterocycles. The van der Waals surface area contributed by atoms with Gasteiger partial charge in [0.05, 0.1) is 16.8 Å². The quantitative estimate of drug-likeness (QED) is 0.665. The molecule has 6 heteroatoms. The number of aromatic nitrogens is 1. The van der Waals surface area contributed by atoms with Gasteiger partial charge in [0.1, 0.15) is 35.3 Å². The van der Waals surface area contributed by atoms with E-state index in [2.05, 4.69) is 17.1 Å². The summed E-state index contributed by atoms with van der Waals surface area (Å²) in [6.45, 7) is 3.63. The predicted octanol–water partition coefficient (Wildman–Crippen LogP) is 5.09. The van der Waals surface area contributed by atoms with Crippen molar-refractivity contribution in [1.29, 1.82) is 10.5 Å². The van der Waals surface area contributed by atoms with Gasteiger partial charge in [-0.05, 0) is 73.0 Å². The summed E-state index contributed by atoms with van der Waals surface area (Å²) in [6, 6.07) is 13.9. The van der Waals surface area contributed by atoms with Crippen LogP contribution in [0.15, 0.2) is 46.4 Å². The Morgan fingerprint density at radius 1 is 1.07 bits per heavy atom. The van der Waals surface area contributed by atoms with Crippen molar-refractivity contribution in [3.8, 4) is 23.5 Å². The van der Waals surface area contributed by atoms with Crippen LogP contribution in [0.3, 0.4) is 0 Å². The monoisotopic (exact) mass is 382 g/mol. The molecule has 0 radical (unpaired) electrons. The van der Waals surface area contributed by atoms with Crippen molar-refractivity contribution in [2.45, 2.75) is 13.8 Å². The Hall–Kier alpha value is -4.16. The van der Waals surface area contributed by atoms with E-state index in [1.165, 1.54) is 12.1 Å². The second kappa shape index (κ2) is 6.78. The van der Waals surface area contributed by atoms with E-state index in [9.17, 15) is 14.9 Å². The summed E-state index contributed by atoms with van der Waals surface area (Å²) in [4.78, 5) is 4.31. The van der Waals surface area contributed by atoms with E-state index in [-0.39, 0.29) is 11.6 Å². The smallest absolute Gasteiger partial charge is 0.142 e. The number of pyridine rings is 1. The van der Waals surface area contributed by atoms with Gasteiger partial charge in [0.2, 0.25) is 0 Å². The number of allylic oxidation sites excluding steroid dienone is 3. The summed E-state index contributed by atoms with van der Waals surface area (Å²) >= 11 is 0. The lowest BCUT2D eigenvalue weighted by Gasteiger charge is -2.10. The number of hydrogen-bond acceptors (Lipinski definition) is 5. The molecule has 0 fully saturated rings. The molecular formula is C23H15FN4O. The first-order valence-electron chi connectivity index (χ1n) is 8.84. The van der Waals surface area contributed by atoms with Gasteiger partial charge in [0.15, 0.2) is 0 Å². The van der Waals surface area contributed by atoms with Crippen molar-refractivity contribution in [3.63, 3.8) is 0 Å². The second-order valence-corrected chi connectivity index (χ2v) is 6.71. The lowest BCUT2D eigenvalue weighted by atomic mass is 9.96. The zero-order chi connectivity index (χ0) is 20.7. The molecule has 2 aromatic heterocycles. The standard InChI is InChI=1S/C23H15FN4O/c1-12-17(9-16-7-8-20(29-16)14-3-5-15(24)6-4-14)21-13(2)19(11-26)23(27)28-22(21)18(12)10-25/h3-9H,1-2H3,(H2,27,28)/b17-9+. The highest BCUT2D eigenvalue weighted by atomic mass is 19.1. The van der Waals surface area contributed by atoms with Gasteiger partial charge in [0, 0.05) is 11.1 Å². The number of hydrogen-bond donors (Lipinski definition) is 1. The average Bonchev–Trinajstić information content (AvgIpc) is 3.26. The summed E-state index contributed by atoms with van der Waals surface area (Å²) in [5.41, 5.74) is 10.8. The lowest BCUT2D eigenvalue weighted by Crippen LogP contribution is -2.03. The van der Waals surface area contributed by atoms with Crippen molar-refractivity contribution in [3.05, 3.63) is 75.9 Å². The topological polar surface area (TPSA) is 99.6 Å². The molecule has 5 nitrogen and oxygen atoms in total. The number of fused-ring (bicyclic) bond motifs is 1. The van der Waals surface area contributed by atoms with Gasteiger partial charge in [-0.3, -0.25) is 0 Å². The van der Waals surface area contributed by atoms with Crippen molar-refractivity contribution in [2.75, 3.05) is 5.73 Å². The maximum absolute atomic E-state index is 13.2. The van der Waals surface area contributed by atoms with Crippen LogP contribution in [0.4, 0.5) is 10.2 Å². The number of nitrogens with zero attached hydrogens (tertiary/aromatic N) is 3. The van der Waals surface area contributed by atoms with Crippen LogP contribution in [0, 0.1) is 35.4 Å². The van der Waals surface area contributed by atoms with Crippen LogP contribution in [-0.4, -0.2) is 4.98 Å². The molecule has 140 valence electrons. The van der Waals surface area contributed by atoms with E-state index in [1.54, 1.807) is 31.2 Å². The molecule has 0 unspecified atom stereocenters. The summed E-state index contributed by atoms with van der Waals surface area (Å²) in [5, 5.41) is 19.0. The van der Waals surface area contributed by atoms with Crippen LogP contribution in [0.1, 0.15) is 35.1 Å². The van der Waals surface area contributed by atoms with E-state index in [4.69, 9.17) is 10.2 Å². The minimum Gasteiger partial charge on any atom is -0.457 e. The van der Waals surface area contributed by atoms with Crippen molar-refractivity contribution in [2.24, 2.45) is 0 Å². The SMILES string of the molecule is CC1=C(C#N)c2nc(N)c(C#N)c(C)c2/C1=C/c1ccc(-c2ccc(F)cc2)o1. The maximum Gasteiger partial charge on any atom is 0.142 e. The Morgan fingerprint density at radius 3 is 2.45 bits per heavy atom. The minimum atomic E-state index is -0.314. The van der Waals surface area contributed by atoms with Gasteiger partial charge in [-0.15, -0.1) is 0 Å². The first-order chi connectivity index (χ1) is 13.9. The Kier molecular flexibility index (Phi) is 4.26. The molecule has 2 N–H and O–H groups in total. The van der Waals surface area contributed by atoms with E-state index < -0.39 is 0 Å². The molecular weight excluding hydrogens is 367 g/mol. The molecule has 3 aromatic rings. The third kappa shape index (κ3) is 2.88. The van der Waals surface area contributed by atoms with Crippen molar-refractivity contribution >= 4 is 23.0 Å². The van der Waals surface area contributed by atoms with Crippen LogP contribution in [0.5, 0.6) is 0 Å². The third-order valence-corrected chi connectivity index (χ3v) is 5.03. The molecule has 4 rings (SSSR count). The molecule has 0 atom stereocenters. The number of nitrogens with two attached hydrogens (primary N) is 1. The molecule has 0 bridgehead atoms. The van der Waals surface area contributed by atoms with Gasteiger partial charge in [-0.2, -0.15) is 10.5 Å². The number of furan rings is 1. The van der Waals surface area contributed by atoms with Gasteiger partial charge >= 0.3 is 0 Å². The number of benzene rings is 1.